The maximum absolute atomic E-state index is 5.62. The average Bonchev–Trinajstić information content (AvgIpc) is 3.00. The molecule has 0 aliphatic carbocycles. The Morgan fingerprint density at radius 1 is 1.18 bits per heavy atom. The highest BCUT2D eigenvalue weighted by molar-refractivity contribution is 5.67. The monoisotopic (exact) mass is 228 g/mol. The largest absolute Gasteiger partial charge is 0.382 e. The Kier molecular flexibility index (Phi) is 2.48. The Labute approximate surface area is 100 Å². The van der Waals surface area contributed by atoms with Crippen molar-refractivity contribution < 1.29 is 0 Å². The van der Waals surface area contributed by atoms with E-state index in [-0.39, 0.29) is 0 Å². The van der Waals surface area contributed by atoms with E-state index in [1.54, 1.807) is 0 Å². The minimum absolute atomic E-state index is 0.534. The Bertz CT molecular complexity index is 512. The minimum Gasteiger partial charge on any atom is -0.382 e. The SMILES string of the molecule is Nc1cc(-c2cccc(N3CCCC3)c2)[nH]n1. The first-order valence-corrected chi connectivity index (χ1v) is 5.99. The highest BCUT2D eigenvalue weighted by Crippen LogP contribution is 2.26. The summed E-state index contributed by atoms with van der Waals surface area (Å²) >= 11 is 0. The van der Waals surface area contributed by atoms with Crippen molar-refractivity contribution in [3.8, 4) is 11.3 Å². The number of nitrogen functional groups attached to an aromatic ring is 1. The lowest BCUT2D eigenvalue weighted by Gasteiger charge is -2.18. The molecule has 1 aliphatic heterocycles. The number of hydrogen-bond donors (Lipinski definition) is 2. The molecule has 0 spiro atoms. The number of nitrogens with one attached hydrogen (secondary N) is 1. The fourth-order valence-corrected chi connectivity index (χ4v) is 2.33. The first-order valence-electron chi connectivity index (χ1n) is 5.99. The van der Waals surface area contributed by atoms with Gasteiger partial charge in [0.25, 0.3) is 0 Å². The zero-order chi connectivity index (χ0) is 11.7. The van der Waals surface area contributed by atoms with Gasteiger partial charge < -0.3 is 10.6 Å². The second-order valence-corrected chi connectivity index (χ2v) is 4.45. The van der Waals surface area contributed by atoms with Crippen molar-refractivity contribution >= 4 is 11.5 Å². The van der Waals surface area contributed by atoms with Crippen LogP contribution in [0.3, 0.4) is 0 Å². The summed E-state index contributed by atoms with van der Waals surface area (Å²) < 4.78 is 0. The molecule has 1 saturated heterocycles. The van der Waals surface area contributed by atoms with Gasteiger partial charge in [0.2, 0.25) is 0 Å². The molecule has 17 heavy (non-hydrogen) atoms. The Morgan fingerprint density at radius 3 is 2.71 bits per heavy atom. The third kappa shape index (κ3) is 1.98. The second-order valence-electron chi connectivity index (χ2n) is 4.45. The zero-order valence-electron chi connectivity index (χ0n) is 9.69. The van der Waals surface area contributed by atoms with Crippen LogP contribution in [0, 0.1) is 0 Å². The van der Waals surface area contributed by atoms with Crippen LogP contribution in [0.4, 0.5) is 11.5 Å². The van der Waals surface area contributed by atoms with E-state index in [0.29, 0.717) is 5.82 Å². The van der Waals surface area contributed by atoms with Gasteiger partial charge in [0.05, 0.1) is 5.69 Å². The highest BCUT2D eigenvalue weighted by atomic mass is 15.2. The molecule has 0 saturated carbocycles. The summed E-state index contributed by atoms with van der Waals surface area (Å²) in [5.41, 5.74) is 9.02. The van der Waals surface area contributed by atoms with Gasteiger partial charge in [-0.1, -0.05) is 12.1 Å². The summed E-state index contributed by atoms with van der Waals surface area (Å²) in [5.74, 6) is 0.534. The molecule has 3 N–H and O–H groups in total. The third-order valence-corrected chi connectivity index (χ3v) is 3.23. The zero-order valence-corrected chi connectivity index (χ0v) is 9.69. The Balaban J connectivity index is 1.93. The molecule has 0 atom stereocenters. The molecule has 0 amide bonds. The van der Waals surface area contributed by atoms with Crippen LogP contribution in [0.5, 0.6) is 0 Å². The highest BCUT2D eigenvalue weighted by Gasteiger charge is 2.12. The van der Waals surface area contributed by atoms with Crippen molar-refractivity contribution in [2.75, 3.05) is 23.7 Å². The summed E-state index contributed by atoms with van der Waals surface area (Å²) in [4.78, 5) is 2.42. The number of aromatic nitrogens is 2. The summed E-state index contributed by atoms with van der Waals surface area (Å²) in [6, 6.07) is 10.4. The van der Waals surface area contributed by atoms with E-state index in [4.69, 9.17) is 5.73 Å². The molecular formula is C13H16N4. The van der Waals surface area contributed by atoms with Gasteiger partial charge in [-0.05, 0) is 25.0 Å². The van der Waals surface area contributed by atoms with E-state index in [1.807, 2.05) is 6.07 Å². The molecular weight excluding hydrogens is 212 g/mol. The minimum atomic E-state index is 0.534. The molecule has 1 aromatic heterocycles. The number of benzene rings is 1. The smallest absolute Gasteiger partial charge is 0.145 e. The van der Waals surface area contributed by atoms with E-state index in [1.165, 1.54) is 18.5 Å². The first kappa shape index (κ1) is 10.2. The number of H-pyrrole nitrogens is 1. The van der Waals surface area contributed by atoms with Gasteiger partial charge in [0, 0.05) is 30.4 Å². The molecule has 2 aromatic rings. The average molecular weight is 228 g/mol. The standard InChI is InChI=1S/C13H16N4/c14-13-9-12(15-16-13)10-4-3-5-11(8-10)17-6-1-2-7-17/h3-5,8-9H,1-2,6-7H2,(H3,14,15,16). The van der Waals surface area contributed by atoms with Gasteiger partial charge >= 0.3 is 0 Å². The number of nitrogens with two attached hydrogens (primary N) is 1. The van der Waals surface area contributed by atoms with Gasteiger partial charge in [0.15, 0.2) is 0 Å². The van der Waals surface area contributed by atoms with Crippen LogP contribution in [-0.2, 0) is 0 Å². The summed E-state index contributed by atoms with van der Waals surface area (Å²) in [6.07, 6.45) is 2.59. The fraction of sp³-hybridized carbons (Fsp3) is 0.308. The third-order valence-electron chi connectivity index (χ3n) is 3.23. The van der Waals surface area contributed by atoms with Gasteiger partial charge in [-0.2, -0.15) is 5.10 Å². The summed E-state index contributed by atoms with van der Waals surface area (Å²) in [5, 5.41) is 6.91. The van der Waals surface area contributed by atoms with Crippen LogP contribution in [-0.4, -0.2) is 23.3 Å². The number of hydrogen-bond acceptors (Lipinski definition) is 3. The van der Waals surface area contributed by atoms with Crippen molar-refractivity contribution in [3.63, 3.8) is 0 Å². The molecule has 88 valence electrons. The van der Waals surface area contributed by atoms with Crippen LogP contribution in [0.1, 0.15) is 12.8 Å². The van der Waals surface area contributed by atoms with Crippen molar-refractivity contribution in [1.29, 1.82) is 0 Å². The fourth-order valence-electron chi connectivity index (χ4n) is 2.33. The lowest BCUT2D eigenvalue weighted by molar-refractivity contribution is 0.949. The second kappa shape index (κ2) is 4.13. The van der Waals surface area contributed by atoms with E-state index < -0.39 is 0 Å². The molecule has 3 rings (SSSR count). The predicted octanol–water partition coefficient (Wildman–Crippen LogP) is 2.26. The number of aromatic amines is 1. The topological polar surface area (TPSA) is 57.9 Å². The lowest BCUT2D eigenvalue weighted by atomic mass is 10.1. The van der Waals surface area contributed by atoms with Crippen LogP contribution in [0.15, 0.2) is 30.3 Å². The first-order chi connectivity index (χ1) is 8.33. The van der Waals surface area contributed by atoms with Gasteiger partial charge in [0.1, 0.15) is 5.82 Å². The molecule has 1 aliphatic rings. The quantitative estimate of drug-likeness (QED) is 0.829. The Hall–Kier alpha value is -1.97. The molecule has 4 nitrogen and oxygen atoms in total. The molecule has 4 heteroatoms. The molecule has 1 fully saturated rings. The predicted molar refractivity (Wildman–Crippen MR) is 69.9 cm³/mol. The van der Waals surface area contributed by atoms with E-state index in [9.17, 15) is 0 Å². The summed E-state index contributed by atoms with van der Waals surface area (Å²) in [6.45, 7) is 2.32. The molecule has 0 radical (unpaired) electrons. The molecule has 0 bridgehead atoms. The van der Waals surface area contributed by atoms with Crippen LogP contribution in [0.2, 0.25) is 0 Å². The van der Waals surface area contributed by atoms with Crippen molar-refractivity contribution in [2.24, 2.45) is 0 Å². The van der Waals surface area contributed by atoms with Crippen molar-refractivity contribution in [2.45, 2.75) is 12.8 Å². The Morgan fingerprint density at radius 2 is 2.00 bits per heavy atom. The number of rotatable bonds is 2. The van der Waals surface area contributed by atoms with Gasteiger partial charge in [-0.25, -0.2) is 0 Å². The number of anilines is 2. The van der Waals surface area contributed by atoms with Crippen LogP contribution >= 0.6 is 0 Å². The van der Waals surface area contributed by atoms with Crippen LogP contribution in [0.25, 0.3) is 11.3 Å². The van der Waals surface area contributed by atoms with Crippen molar-refractivity contribution in [3.05, 3.63) is 30.3 Å². The normalized spacial score (nSPS) is 15.4. The van der Waals surface area contributed by atoms with Gasteiger partial charge in [-0.15, -0.1) is 0 Å². The lowest BCUT2D eigenvalue weighted by Crippen LogP contribution is -2.17. The summed E-state index contributed by atoms with van der Waals surface area (Å²) in [7, 11) is 0. The van der Waals surface area contributed by atoms with Crippen molar-refractivity contribution in [1.82, 2.24) is 10.2 Å². The van der Waals surface area contributed by atoms with E-state index >= 15 is 0 Å². The van der Waals surface area contributed by atoms with E-state index in [0.717, 1.165) is 24.3 Å². The maximum atomic E-state index is 5.62. The van der Waals surface area contributed by atoms with Crippen LogP contribution < -0.4 is 10.6 Å². The molecule has 1 aromatic carbocycles. The van der Waals surface area contributed by atoms with E-state index in [2.05, 4.69) is 39.4 Å². The number of nitrogens with zero attached hydrogens (tertiary/aromatic N) is 2. The van der Waals surface area contributed by atoms with Gasteiger partial charge in [-0.3, -0.25) is 5.10 Å². The molecule has 0 unspecified atom stereocenters. The molecule has 2 heterocycles. The maximum Gasteiger partial charge on any atom is 0.145 e.